The zero-order chi connectivity index (χ0) is 16.4. The minimum Gasteiger partial charge on any atom is -0.368 e. The Bertz CT molecular complexity index is 464. The first-order chi connectivity index (χ1) is 10.5. The van der Waals surface area contributed by atoms with Gasteiger partial charge in [0.05, 0.1) is 6.04 Å². The molecule has 0 aliphatic rings. The molecule has 0 radical (unpaired) electrons. The average molecular weight is 306 g/mol. The molecule has 0 aliphatic heterocycles. The Hall–Kier alpha value is -1.76. The van der Waals surface area contributed by atoms with Gasteiger partial charge in [-0.05, 0) is 38.3 Å². The molecule has 0 saturated heterocycles. The molecular formula is C16H26N4O2. The molecule has 122 valence electrons. The standard InChI is InChI=1S/C16H26N4O2/c1-12(21)14(9-5-6-10-17)19-20-15(16(18)22)11-13-7-3-2-4-8-13/h2-4,7-8,14-15,19-20H,5-6,9-11,17H2,1H3,(H2,18,22)/t14-,15-/m0/s1. The molecular weight excluding hydrogens is 280 g/mol. The molecule has 0 fully saturated rings. The second-order valence-electron chi connectivity index (χ2n) is 5.38. The summed E-state index contributed by atoms with van der Waals surface area (Å²) >= 11 is 0. The maximum atomic E-state index is 11.6. The van der Waals surface area contributed by atoms with Crippen LogP contribution in [-0.4, -0.2) is 30.3 Å². The van der Waals surface area contributed by atoms with Gasteiger partial charge in [-0.15, -0.1) is 0 Å². The number of hydrogen-bond donors (Lipinski definition) is 4. The maximum Gasteiger partial charge on any atom is 0.236 e. The third-order valence-electron chi connectivity index (χ3n) is 3.50. The van der Waals surface area contributed by atoms with E-state index in [1.807, 2.05) is 30.3 Å². The van der Waals surface area contributed by atoms with Crippen molar-refractivity contribution in [3.05, 3.63) is 35.9 Å². The Balaban J connectivity index is 2.54. The molecule has 0 bridgehead atoms. The van der Waals surface area contributed by atoms with Crippen molar-refractivity contribution in [1.29, 1.82) is 0 Å². The topological polar surface area (TPSA) is 110 Å². The molecule has 0 spiro atoms. The van der Waals surface area contributed by atoms with Gasteiger partial charge < -0.3 is 11.5 Å². The number of amides is 1. The Morgan fingerprint density at radius 2 is 1.73 bits per heavy atom. The van der Waals surface area contributed by atoms with Crippen LogP contribution in [0.1, 0.15) is 31.7 Å². The van der Waals surface area contributed by atoms with Gasteiger partial charge in [-0.3, -0.25) is 9.59 Å². The van der Waals surface area contributed by atoms with Crippen molar-refractivity contribution in [1.82, 2.24) is 10.9 Å². The molecule has 0 saturated carbocycles. The van der Waals surface area contributed by atoms with Gasteiger partial charge in [-0.2, -0.15) is 0 Å². The van der Waals surface area contributed by atoms with Gasteiger partial charge in [0.15, 0.2) is 0 Å². The van der Waals surface area contributed by atoms with E-state index in [2.05, 4.69) is 10.9 Å². The Labute approximate surface area is 131 Å². The molecule has 0 unspecified atom stereocenters. The number of nitrogens with one attached hydrogen (secondary N) is 2. The number of ketones is 1. The van der Waals surface area contributed by atoms with E-state index >= 15 is 0 Å². The number of nitrogens with two attached hydrogens (primary N) is 2. The van der Waals surface area contributed by atoms with Gasteiger partial charge >= 0.3 is 0 Å². The van der Waals surface area contributed by atoms with Crippen LogP contribution in [0.5, 0.6) is 0 Å². The molecule has 22 heavy (non-hydrogen) atoms. The van der Waals surface area contributed by atoms with E-state index in [-0.39, 0.29) is 11.8 Å². The maximum absolute atomic E-state index is 11.6. The second-order valence-corrected chi connectivity index (χ2v) is 5.38. The van der Waals surface area contributed by atoms with Gasteiger partial charge in [0.2, 0.25) is 5.91 Å². The summed E-state index contributed by atoms with van der Waals surface area (Å²) in [5.41, 5.74) is 17.7. The summed E-state index contributed by atoms with van der Waals surface area (Å²) in [5.74, 6) is -0.437. The normalized spacial score (nSPS) is 13.5. The summed E-state index contributed by atoms with van der Waals surface area (Å²) in [6, 6.07) is 8.68. The lowest BCUT2D eigenvalue weighted by Gasteiger charge is -2.21. The Morgan fingerprint density at radius 1 is 1.09 bits per heavy atom. The van der Waals surface area contributed by atoms with Crippen LogP contribution in [0.25, 0.3) is 0 Å². The molecule has 6 heteroatoms. The fourth-order valence-electron chi connectivity index (χ4n) is 2.14. The van der Waals surface area contributed by atoms with Crippen molar-refractivity contribution in [2.75, 3.05) is 6.54 Å². The van der Waals surface area contributed by atoms with Crippen LogP contribution in [0.4, 0.5) is 0 Å². The predicted molar refractivity (Wildman–Crippen MR) is 86.8 cm³/mol. The monoisotopic (exact) mass is 306 g/mol. The van der Waals surface area contributed by atoms with Crippen molar-refractivity contribution in [2.45, 2.75) is 44.7 Å². The van der Waals surface area contributed by atoms with E-state index < -0.39 is 11.9 Å². The molecule has 6 nitrogen and oxygen atoms in total. The average Bonchev–Trinajstić information content (AvgIpc) is 2.49. The highest BCUT2D eigenvalue weighted by atomic mass is 16.1. The van der Waals surface area contributed by atoms with Crippen molar-refractivity contribution in [2.24, 2.45) is 11.5 Å². The fraction of sp³-hybridized carbons (Fsp3) is 0.500. The van der Waals surface area contributed by atoms with E-state index in [1.54, 1.807) is 0 Å². The molecule has 2 atom stereocenters. The first-order valence-electron chi connectivity index (χ1n) is 7.59. The number of hydrogen-bond acceptors (Lipinski definition) is 5. The van der Waals surface area contributed by atoms with Gasteiger partial charge in [0, 0.05) is 0 Å². The van der Waals surface area contributed by atoms with Crippen molar-refractivity contribution < 1.29 is 9.59 Å². The number of carbonyl (C=O) groups is 2. The molecule has 0 heterocycles. The van der Waals surface area contributed by atoms with Crippen molar-refractivity contribution in [3.8, 4) is 0 Å². The summed E-state index contributed by atoms with van der Waals surface area (Å²) in [7, 11) is 0. The van der Waals surface area contributed by atoms with Gasteiger partial charge in [-0.1, -0.05) is 36.8 Å². The number of carbonyl (C=O) groups excluding carboxylic acids is 2. The van der Waals surface area contributed by atoms with Crippen molar-refractivity contribution >= 4 is 11.7 Å². The highest BCUT2D eigenvalue weighted by Crippen LogP contribution is 2.04. The minimum atomic E-state index is -0.571. The second kappa shape index (κ2) is 10.0. The number of unbranched alkanes of at least 4 members (excludes halogenated alkanes) is 1. The quantitative estimate of drug-likeness (QED) is 0.346. The first kappa shape index (κ1) is 18.3. The van der Waals surface area contributed by atoms with E-state index in [1.165, 1.54) is 6.92 Å². The molecule has 0 aromatic heterocycles. The number of primary amides is 1. The van der Waals surface area contributed by atoms with Crippen LogP contribution < -0.4 is 22.3 Å². The van der Waals surface area contributed by atoms with E-state index in [9.17, 15) is 9.59 Å². The Morgan fingerprint density at radius 3 is 2.27 bits per heavy atom. The Kier molecular flexibility index (Phi) is 8.35. The van der Waals surface area contributed by atoms with Gasteiger partial charge in [0.25, 0.3) is 0 Å². The number of hydrazine groups is 1. The van der Waals surface area contributed by atoms with Crippen LogP contribution in [0, 0.1) is 0 Å². The lowest BCUT2D eigenvalue weighted by Crippen LogP contribution is -2.54. The van der Waals surface area contributed by atoms with E-state index in [0.717, 1.165) is 18.4 Å². The number of Topliss-reactive ketones (excluding diaryl/α,β-unsaturated/α-hetero) is 1. The van der Waals surface area contributed by atoms with E-state index in [0.29, 0.717) is 19.4 Å². The smallest absolute Gasteiger partial charge is 0.236 e. The molecule has 1 amide bonds. The summed E-state index contributed by atoms with van der Waals surface area (Å²) in [6.07, 6.45) is 2.87. The van der Waals surface area contributed by atoms with Crippen LogP contribution in [0.3, 0.4) is 0 Å². The van der Waals surface area contributed by atoms with Crippen LogP contribution in [0.2, 0.25) is 0 Å². The van der Waals surface area contributed by atoms with Gasteiger partial charge in [-0.25, -0.2) is 10.9 Å². The van der Waals surface area contributed by atoms with Gasteiger partial charge in [0.1, 0.15) is 11.8 Å². The third-order valence-corrected chi connectivity index (χ3v) is 3.50. The zero-order valence-corrected chi connectivity index (χ0v) is 13.0. The van der Waals surface area contributed by atoms with Crippen LogP contribution >= 0.6 is 0 Å². The third kappa shape index (κ3) is 6.80. The number of rotatable bonds is 11. The highest BCUT2D eigenvalue weighted by molar-refractivity contribution is 5.82. The highest BCUT2D eigenvalue weighted by Gasteiger charge is 2.19. The fourth-order valence-corrected chi connectivity index (χ4v) is 2.14. The molecule has 0 aliphatic carbocycles. The lowest BCUT2D eigenvalue weighted by atomic mass is 10.1. The van der Waals surface area contributed by atoms with Crippen molar-refractivity contribution in [3.63, 3.8) is 0 Å². The lowest BCUT2D eigenvalue weighted by molar-refractivity contribution is -0.122. The largest absolute Gasteiger partial charge is 0.368 e. The number of benzene rings is 1. The summed E-state index contributed by atoms with van der Waals surface area (Å²) in [5, 5.41) is 0. The summed E-state index contributed by atoms with van der Waals surface area (Å²) in [4.78, 5) is 23.2. The van der Waals surface area contributed by atoms with Crippen LogP contribution in [0.15, 0.2) is 30.3 Å². The first-order valence-corrected chi connectivity index (χ1v) is 7.59. The zero-order valence-electron chi connectivity index (χ0n) is 13.0. The SMILES string of the molecule is CC(=O)[C@H](CCCCN)NN[C@@H](Cc1ccccc1)C(N)=O. The summed E-state index contributed by atoms with van der Waals surface area (Å²) in [6.45, 7) is 2.13. The van der Waals surface area contributed by atoms with E-state index in [4.69, 9.17) is 11.5 Å². The molecule has 6 N–H and O–H groups in total. The summed E-state index contributed by atoms with van der Waals surface area (Å²) < 4.78 is 0. The minimum absolute atomic E-state index is 0.0208. The molecule has 1 rings (SSSR count). The van der Waals surface area contributed by atoms with Crippen LogP contribution in [-0.2, 0) is 16.0 Å². The predicted octanol–water partition coefficient (Wildman–Crippen LogP) is 0.264. The molecule has 1 aromatic rings. The molecule has 1 aromatic carbocycles.